The standard InChI is InChI=1S/C24H21N3O2/c1-17-7-5-6-10-21(17)25-22(28)15-16-23-26-24(27-29-23)20-13-11-19(12-14-20)18-8-3-2-4-9-18/h2-14H,15-16H2,1H3,(H,25,28). The van der Waals surface area contributed by atoms with Gasteiger partial charge in [-0.15, -0.1) is 0 Å². The number of nitrogens with one attached hydrogen (secondary N) is 1. The van der Waals surface area contributed by atoms with Gasteiger partial charge in [0.1, 0.15) is 0 Å². The van der Waals surface area contributed by atoms with Crippen molar-refractivity contribution in [1.29, 1.82) is 0 Å². The summed E-state index contributed by atoms with van der Waals surface area (Å²) >= 11 is 0. The van der Waals surface area contributed by atoms with Crippen LogP contribution in [0.2, 0.25) is 0 Å². The van der Waals surface area contributed by atoms with Crippen LogP contribution in [0.15, 0.2) is 83.4 Å². The number of aryl methyl sites for hydroxylation is 2. The molecule has 0 aliphatic carbocycles. The number of hydrogen-bond donors (Lipinski definition) is 1. The van der Waals surface area contributed by atoms with Crippen LogP contribution in [-0.4, -0.2) is 16.0 Å². The first kappa shape index (κ1) is 18.6. The first-order valence-corrected chi connectivity index (χ1v) is 9.53. The largest absolute Gasteiger partial charge is 0.339 e. The van der Waals surface area contributed by atoms with E-state index in [0.29, 0.717) is 18.1 Å². The Balaban J connectivity index is 1.37. The quantitative estimate of drug-likeness (QED) is 0.492. The fourth-order valence-electron chi connectivity index (χ4n) is 3.06. The van der Waals surface area contributed by atoms with Gasteiger partial charge in [-0.05, 0) is 29.7 Å². The van der Waals surface area contributed by atoms with Crippen molar-refractivity contribution >= 4 is 11.6 Å². The third kappa shape index (κ3) is 4.58. The Hall–Kier alpha value is -3.73. The van der Waals surface area contributed by atoms with Crippen LogP contribution in [0.3, 0.4) is 0 Å². The third-order valence-electron chi connectivity index (χ3n) is 4.70. The number of rotatable bonds is 6. The average Bonchev–Trinajstić information content (AvgIpc) is 3.24. The molecule has 1 heterocycles. The van der Waals surface area contributed by atoms with Gasteiger partial charge in [0.2, 0.25) is 17.6 Å². The first-order valence-electron chi connectivity index (χ1n) is 9.53. The average molecular weight is 383 g/mol. The molecule has 1 amide bonds. The van der Waals surface area contributed by atoms with Gasteiger partial charge in [-0.2, -0.15) is 4.98 Å². The summed E-state index contributed by atoms with van der Waals surface area (Å²) in [6.07, 6.45) is 0.676. The number of benzene rings is 3. The Labute approximate surface area is 169 Å². The van der Waals surface area contributed by atoms with E-state index in [2.05, 4.69) is 27.6 Å². The molecule has 0 atom stereocenters. The Bertz CT molecular complexity index is 1100. The van der Waals surface area contributed by atoms with Crippen LogP contribution in [-0.2, 0) is 11.2 Å². The number of amides is 1. The maximum absolute atomic E-state index is 12.2. The van der Waals surface area contributed by atoms with E-state index in [4.69, 9.17) is 4.52 Å². The molecular weight excluding hydrogens is 362 g/mol. The molecule has 4 aromatic rings. The molecule has 0 saturated carbocycles. The lowest BCUT2D eigenvalue weighted by Crippen LogP contribution is -2.13. The number of para-hydroxylation sites is 1. The van der Waals surface area contributed by atoms with Crippen molar-refractivity contribution in [2.75, 3.05) is 5.32 Å². The lowest BCUT2D eigenvalue weighted by molar-refractivity contribution is -0.116. The molecule has 5 nitrogen and oxygen atoms in total. The number of aromatic nitrogens is 2. The highest BCUT2D eigenvalue weighted by Crippen LogP contribution is 2.23. The van der Waals surface area contributed by atoms with Crippen LogP contribution in [0, 0.1) is 6.92 Å². The number of nitrogens with zero attached hydrogens (tertiary/aromatic N) is 2. The van der Waals surface area contributed by atoms with Gasteiger partial charge in [-0.3, -0.25) is 4.79 Å². The highest BCUT2D eigenvalue weighted by atomic mass is 16.5. The van der Waals surface area contributed by atoms with Crippen molar-refractivity contribution in [1.82, 2.24) is 10.1 Å². The van der Waals surface area contributed by atoms with Crippen molar-refractivity contribution in [2.45, 2.75) is 19.8 Å². The molecule has 3 aromatic carbocycles. The van der Waals surface area contributed by atoms with Crippen LogP contribution in [0.1, 0.15) is 17.9 Å². The third-order valence-corrected chi connectivity index (χ3v) is 4.70. The van der Waals surface area contributed by atoms with E-state index < -0.39 is 0 Å². The summed E-state index contributed by atoms with van der Waals surface area (Å²) in [7, 11) is 0. The van der Waals surface area contributed by atoms with Gasteiger partial charge in [0, 0.05) is 24.1 Å². The van der Waals surface area contributed by atoms with Crippen molar-refractivity contribution < 1.29 is 9.32 Å². The molecular formula is C24H21N3O2. The molecule has 0 radical (unpaired) electrons. The second-order valence-corrected chi connectivity index (χ2v) is 6.82. The minimum atomic E-state index is -0.0775. The second-order valence-electron chi connectivity index (χ2n) is 6.82. The molecule has 0 bridgehead atoms. The molecule has 0 spiro atoms. The summed E-state index contributed by atoms with van der Waals surface area (Å²) in [5, 5.41) is 6.96. The number of anilines is 1. The van der Waals surface area contributed by atoms with Crippen LogP contribution in [0.4, 0.5) is 5.69 Å². The topological polar surface area (TPSA) is 68.0 Å². The van der Waals surface area contributed by atoms with Crippen molar-refractivity contribution in [3.8, 4) is 22.5 Å². The van der Waals surface area contributed by atoms with E-state index in [1.807, 2.05) is 73.7 Å². The molecule has 1 N–H and O–H groups in total. The van der Waals surface area contributed by atoms with E-state index in [1.165, 1.54) is 0 Å². The fraction of sp³-hybridized carbons (Fsp3) is 0.125. The lowest BCUT2D eigenvalue weighted by Gasteiger charge is -2.06. The second kappa shape index (κ2) is 8.52. The summed E-state index contributed by atoms with van der Waals surface area (Å²) in [5.74, 6) is 0.900. The highest BCUT2D eigenvalue weighted by Gasteiger charge is 2.11. The molecule has 0 aliphatic rings. The van der Waals surface area contributed by atoms with Crippen LogP contribution < -0.4 is 5.32 Å². The zero-order valence-electron chi connectivity index (χ0n) is 16.1. The molecule has 0 unspecified atom stereocenters. The zero-order chi connectivity index (χ0) is 20.1. The monoisotopic (exact) mass is 383 g/mol. The molecule has 0 aliphatic heterocycles. The minimum Gasteiger partial charge on any atom is -0.339 e. The van der Waals surface area contributed by atoms with Gasteiger partial charge in [0.25, 0.3) is 0 Å². The molecule has 4 rings (SSSR count). The van der Waals surface area contributed by atoms with Crippen molar-refractivity contribution in [3.63, 3.8) is 0 Å². The molecule has 5 heteroatoms. The Morgan fingerprint density at radius 2 is 1.52 bits per heavy atom. The molecule has 29 heavy (non-hydrogen) atoms. The summed E-state index contributed by atoms with van der Waals surface area (Å²) in [6.45, 7) is 1.96. The van der Waals surface area contributed by atoms with Gasteiger partial charge < -0.3 is 9.84 Å². The van der Waals surface area contributed by atoms with E-state index in [9.17, 15) is 4.79 Å². The highest BCUT2D eigenvalue weighted by molar-refractivity contribution is 5.91. The molecule has 144 valence electrons. The predicted molar refractivity (Wildman–Crippen MR) is 113 cm³/mol. The number of hydrogen-bond acceptors (Lipinski definition) is 4. The Morgan fingerprint density at radius 1 is 0.862 bits per heavy atom. The molecule has 0 fully saturated rings. The molecule has 0 saturated heterocycles. The maximum Gasteiger partial charge on any atom is 0.227 e. The van der Waals surface area contributed by atoms with Crippen LogP contribution in [0.25, 0.3) is 22.5 Å². The van der Waals surface area contributed by atoms with E-state index in [-0.39, 0.29) is 12.3 Å². The van der Waals surface area contributed by atoms with E-state index in [1.54, 1.807) is 0 Å². The van der Waals surface area contributed by atoms with Crippen molar-refractivity contribution in [3.05, 3.63) is 90.3 Å². The smallest absolute Gasteiger partial charge is 0.227 e. The van der Waals surface area contributed by atoms with Gasteiger partial charge in [-0.25, -0.2) is 0 Å². The summed E-state index contributed by atoms with van der Waals surface area (Å²) in [5.41, 5.74) is 5.02. The number of carbonyl (C=O) groups excluding carboxylic acids is 1. The van der Waals surface area contributed by atoms with Crippen LogP contribution >= 0.6 is 0 Å². The number of carbonyl (C=O) groups is 1. The van der Waals surface area contributed by atoms with Gasteiger partial charge in [-0.1, -0.05) is 78.0 Å². The normalized spacial score (nSPS) is 10.7. The Morgan fingerprint density at radius 3 is 2.28 bits per heavy atom. The SMILES string of the molecule is Cc1ccccc1NC(=O)CCc1nc(-c2ccc(-c3ccccc3)cc2)no1. The van der Waals surface area contributed by atoms with Gasteiger partial charge in [0.05, 0.1) is 0 Å². The van der Waals surface area contributed by atoms with E-state index in [0.717, 1.165) is 27.9 Å². The lowest BCUT2D eigenvalue weighted by atomic mass is 10.0. The minimum absolute atomic E-state index is 0.0775. The maximum atomic E-state index is 12.2. The van der Waals surface area contributed by atoms with E-state index >= 15 is 0 Å². The summed E-state index contributed by atoms with van der Waals surface area (Å²) in [4.78, 5) is 16.6. The summed E-state index contributed by atoms with van der Waals surface area (Å²) < 4.78 is 5.32. The van der Waals surface area contributed by atoms with Crippen molar-refractivity contribution in [2.24, 2.45) is 0 Å². The van der Waals surface area contributed by atoms with Gasteiger partial charge >= 0.3 is 0 Å². The molecule has 1 aromatic heterocycles. The fourth-order valence-corrected chi connectivity index (χ4v) is 3.06. The Kier molecular flexibility index (Phi) is 5.47. The van der Waals surface area contributed by atoms with Gasteiger partial charge in [0.15, 0.2) is 0 Å². The zero-order valence-corrected chi connectivity index (χ0v) is 16.1. The summed E-state index contributed by atoms with van der Waals surface area (Å²) in [6, 6.07) is 25.9. The predicted octanol–water partition coefficient (Wildman–Crippen LogP) is 5.28. The first-order chi connectivity index (χ1) is 14.2. The van der Waals surface area contributed by atoms with Crippen LogP contribution in [0.5, 0.6) is 0 Å².